The van der Waals surface area contributed by atoms with Crippen LogP contribution in [0.3, 0.4) is 0 Å². The molecular formula is C51H74N2O9. The van der Waals surface area contributed by atoms with Crippen LogP contribution in [0.25, 0.3) is 0 Å². The number of oxime groups is 1. The lowest BCUT2D eigenvalue weighted by atomic mass is 9.55. The highest BCUT2D eigenvalue weighted by molar-refractivity contribution is 6.03. The maximum absolute atomic E-state index is 14.9. The van der Waals surface area contributed by atoms with Crippen molar-refractivity contribution < 1.29 is 43.9 Å². The van der Waals surface area contributed by atoms with Gasteiger partial charge in [0, 0.05) is 44.1 Å². The number of amides is 1. The molecule has 0 radical (unpaired) electrons. The molecular weight excluding hydrogens is 785 g/mol. The summed E-state index contributed by atoms with van der Waals surface area (Å²) in [6, 6.07) is 11.6. The number of aryl methyl sites for hydroxylation is 2. The summed E-state index contributed by atoms with van der Waals surface area (Å²) in [5.74, 6) is 0.896. The molecule has 3 N–H and O–H groups in total. The lowest BCUT2D eigenvalue weighted by molar-refractivity contribution is -0.258. The van der Waals surface area contributed by atoms with Crippen molar-refractivity contribution in [1.29, 1.82) is 0 Å². The van der Waals surface area contributed by atoms with Gasteiger partial charge in [-0.2, -0.15) is 0 Å². The molecule has 6 atom stereocenters. The molecule has 342 valence electrons. The maximum atomic E-state index is 14.9. The molecule has 0 bridgehead atoms. The van der Waals surface area contributed by atoms with Crippen LogP contribution in [0, 0.1) is 37.5 Å². The first kappa shape index (κ1) is 47.7. The van der Waals surface area contributed by atoms with Gasteiger partial charge in [0.05, 0.1) is 38.1 Å². The van der Waals surface area contributed by atoms with Crippen LogP contribution >= 0.6 is 0 Å². The third-order valence-corrected chi connectivity index (χ3v) is 13.4. The Bertz CT molecular complexity index is 1850. The number of carbonyl (C=O) groups excluding carboxylic acids is 1. The molecule has 62 heavy (non-hydrogen) atoms. The van der Waals surface area contributed by atoms with E-state index in [1.54, 1.807) is 6.08 Å². The second-order valence-electron chi connectivity index (χ2n) is 18.9. The highest BCUT2D eigenvalue weighted by Crippen LogP contribution is 2.62. The largest absolute Gasteiger partial charge is 0.459 e. The average Bonchev–Trinajstić information content (AvgIpc) is 3.78. The molecule has 2 saturated carbocycles. The number of aliphatic hydroxyl groups is 3. The summed E-state index contributed by atoms with van der Waals surface area (Å²) >= 11 is 0. The van der Waals surface area contributed by atoms with E-state index in [0.717, 1.165) is 73.1 Å². The van der Waals surface area contributed by atoms with Crippen molar-refractivity contribution >= 4 is 11.6 Å². The molecule has 2 aromatic carbocycles. The molecule has 11 nitrogen and oxygen atoms in total. The number of carbonyl (C=O) groups is 1. The number of rotatable bonds is 23. The van der Waals surface area contributed by atoms with Crippen LogP contribution in [0.2, 0.25) is 0 Å². The molecule has 1 heterocycles. The number of fused-ring (bicyclic) bond motifs is 2. The molecule has 0 saturated heterocycles. The topological polar surface area (TPSA) is 140 Å². The van der Waals surface area contributed by atoms with Crippen LogP contribution in [-0.2, 0) is 19.1 Å². The van der Waals surface area contributed by atoms with Crippen molar-refractivity contribution in [2.24, 2.45) is 28.8 Å². The molecule has 6 rings (SSSR count). The molecule has 0 unspecified atom stereocenters. The van der Waals surface area contributed by atoms with Gasteiger partial charge < -0.3 is 44.0 Å². The Kier molecular flexibility index (Phi) is 17.1. The number of allylic oxidation sites excluding steroid dienone is 1. The maximum Gasteiger partial charge on any atom is 0.239 e. The van der Waals surface area contributed by atoms with Crippen molar-refractivity contribution in [2.75, 3.05) is 46.2 Å². The van der Waals surface area contributed by atoms with Gasteiger partial charge in [0.15, 0.2) is 0 Å². The van der Waals surface area contributed by atoms with Crippen molar-refractivity contribution in [3.63, 3.8) is 0 Å². The molecule has 4 aliphatic rings. The van der Waals surface area contributed by atoms with Crippen LogP contribution in [-0.4, -0.2) is 95.5 Å². The highest BCUT2D eigenvalue weighted by atomic mass is 16.7. The van der Waals surface area contributed by atoms with Crippen molar-refractivity contribution in [1.82, 2.24) is 4.90 Å². The minimum Gasteiger partial charge on any atom is -0.459 e. The molecule has 0 aromatic heterocycles. The van der Waals surface area contributed by atoms with Gasteiger partial charge in [-0.15, -0.1) is 6.58 Å². The monoisotopic (exact) mass is 859 g/mol. The number of nitrogens with zero attached hydrogens (tertiary/aromatic N) is 2. The zero-order chi connectivity index (χ0) is 44.3. The van der Waals surface area contributed by atoms with E-state index >= 15 is 0 Å². The fourth-order valence-electron chi connectivity index (χ4n) is 10.4. The Morgan fingerprint density at radius 1 is 0.935 bits per heavy atom. The number of benzene rings is 2. The van der Waals surface area contributed by atoms with Crippen molar-refractivity contribution in [3.8, 4) is 17.2 Å². The first-order valence-electron chi connectivity index (χ1n) is 23.4. The second kappa shape index (κ2) is 22.2. The summed E-state index contributed by atoms with van der Waals surface area (Å²) < 4.78 is 27.1. The normalized spacial score (nSPS) is 25.1. The molecule has 11 heteroatoms. The lowest BCUT2D eigenvalue weighted by Crippen LogP contribution is -2.70. The Morgan fingerprint density at radius 2 is 1.66 bits per heavy atom. The zero-order valence-corrected chi connectivity index (χ0v) is 38.1. The first-order chi connectivity index (χ1) is 29.9. The van der Waals surface area contributed by atoms with Gasteiger partial charge in [-0.3, -0.25) is 4.79 Å². The van der Waals surface area contributed by atoms with Gasteiger partial charge >= 0.3 is 0 Å². The summed E-state index contributed by atoms with van der Waals surface area (Å²) in [6.07, 6.45) is 15.1. The molecule has 1 aliphatic heterocycles. The standard InChI is InChI=1S/C51H74N2O9/c1-7-28-59-51-46(53(24-29-58-30-27-56)47(57)23-19-37-14-8-9-15-37)34-44(52-62-50(4,5)6)42-32-38(16-10-12-25-54)41(17-11-13-26-55)48(49(42)51)43-33-40(21-22-45(43)61-51)60-39-20-18-35(2)36(3)31-39/h7,18,20-22,31-33,37-38,41,46,48-49,54-56H,1,8-17,19,23-30,34H2,2-6H3/t38-,41+,46-,48+,49+,51+/m0/s1. The highest BCUT2D eigenvalue weighted by Gasteiger charge is 2.65. The molecule has 0 spiro atoms. The van der Waals surface area contributed by atoms with Crippen LogP contribution in [0.4, 0.5) is 0 Å². The predicted octanol–water partition coefficient (Wildman–Crippen LogP) is 9.34. The minimum atomic E-state index is -1.36. The van der Waals surface area contributed by atoms with Gasteiger partial charge in [-0.05, 0) is 132 Å². The smallest absolute Gasteiger partial charge is 0.239 e. The summed E-state index contributed by atoms with van der Waals surface area (Å²) in [5, 5.41) is 34.6. The summed E-state index contributed by atoms with van der Waals surface area (Å²) in [5.41, 5.74) is 4.52. The molecule has 1 amide bonds. The fraction of sp³-hybridized carbons (Fsp3) is 0.647. The van der Waals surface area contributed by atoms with Crippen LogP contribution in [0.15, 0.2) is 65.9 Å². The van der Waals surface area contributed by atoms with E-state index in [9.17, 15) is 20.1 Å². The fourth-order valence-corrected chi connectivity index (χ4v) is 10.4. The Labute approximate surface area is 370 Å². The Balaban J connectivity index is 1.57. The van der Waals surface area contributed by atoms with Crippen LogP contribution in [0.5, 0.6) is 17.2 Å². The SMILES string of the molecule is C=CCO[C@@]12Oc3ccc(Oc4ccc(C)c(C)c4)cc3[C@H]3[C@H](CCCCO)[C@@H](CCCCO)C=C(C(=NOC(C)(C)C)C[C@@H]1N(CCOCCO)C(=O)CCC1CCCC1)[C@H]32. The predicted molar refractivity (Wildman–Crippen MR) is 243 cm³/mol. The first-order valence-corrected chi connectivity index (χ1v) is 23.4. The summed E-state index contributed by atoms with van der Waals surface area (Å²) in [4.78, 5) is 23.1. The van der Waals surface area contributed by atoms with Crippen molar-refractivity contribution in [2.45, 2.75) is 141 Å². The zero-order valence-electron chi connectivity index (χ0n) is 38.1. The quantitative estimate of drug-likeness (QED) is 0.0567. The minimum absolute atomic E-state index is 0.0138. The third kappa shape index (κ3) is 11.5. The van der Waals surface area contributed by atoms with Crippen LogP contribution in [0.1, 0.15) is 127 Å². The molecule has 2 aromatic rings. The van der Waals surface area contributed by atoms with E-state index in [1.807, 2.05) is 43.9 Å². The van der Waals surface area contributed by atoms with Crippen molar-refractivity contribution in [3.05, 3.63) is 77.4 Å². The Morgan fingerprint density at radius 3 is 2.35 bits per heavy atom. The van der Waals surface area contributed by atoms with Gasteiger partial charge in [0.1, 0.15) is 28.9 Å². The average molecular weight is 859 g/mol. The number of aliphatic hydroxyl groups excluding tert-OH is 3. The Hall–Kier alpha value is -3.74. The summed E-state index contributed by atoms with van der Waals surface area (Å²) in [6.45, 7) is 15.2. The number of unbranched alkanes of at least 4 members (excludes halogenated alkanes) is 2. The number of hydrogen-bond acceptors (Lipinski definition) is 10. The number of hydrogen-bond donors (Lipinski definition) is 3. The molecule has 2 fully saturated rings. The van der Waals surface area contributed by atoms with E-state index < -0.39 is 23.3 Å². The molecule has 3 aliphatic carbocycles. The van der Waals surface area contributed by atoms with E-state index in [2.05, 4.69) is 44.7 Å². The van der Waals surface area contributed by atoms with Gasteiger partial charge in [-0.1, -0.05) is 61.9 Å². The second-order valence-corrected chi connectivity index (χ2v) is 18.9. The van der Waals surface area contributed by atoms with Gasteiger partial charge in [0.2, 0.25) is 11.7 Å². The summed E-state index contributed by atoms with van der Waals surface area (Å²) in [7, 11) is 0. The van der Waals surface area contributed by atoms with E-state index in [0.29, 0.717) is 43.1 Å². The lowest BCUT2D eigenvalue weighted by Gasteiger charge is -2.60. The van der Waals surface area contributed by atoms with Gasteiger partial charge in [-0.25, -0.2) is 0 Å². The van der Waals surface area contributed by atoms with Gasteiger partial charge in [0.25, 0.3) is 0 Å². The third-order valence-electron chi connectivity index (χ3n) is 13.4. The van der Waals surface area contributed by atoms with E-state index in [1.165, 1.54) is 18.4 Å². The van der Waals surface area contributed by atoms with Crippen LogP contribution < -0.4 is 9.47 Å². The van der Waals surface area contributed by atoms with E-state index in [4.69, 9.17) is 28.9 Å². The van der Waals surface area contributed by atoms with E-state index in [-0.39, 0.29) is 69.8 Å². The number of ether oxygens (including phenoxy) is 4.